The molecule has 2 nitrogen and oxygen atoms in total. The van der Waals surface area contributed by atoms with Crippen molar-refractivity contribution in [2.24, 2.45) is 5.92 Å². The quantitative estimate of drug-likeness (QED) is 0.845. The molecule has 2 atom stereocenters. The van der Waals surface area contributed by atoms with Crippen LogP contribution in [0.5, 0.6) is 0 Å². The van der Waals surface area contributed by atoms with Crippen LogP contribution in [-0.2, 0) is 4.74 Å². The van der Waals surface area contributed by atoms with Crippen LogP contribution in [0.4, 0.5) is 4.39 Å². The topological polar surface area (TPSA) is 21.3 Å². The van der Waals surface area contributed by atoms with E-state index in [0.29, 0.717) is 16.6 Å². The molecule has 1 heterocycles. The molecule has 0 spiro atoms. The van der Waals surface area contributed by atoms with E-state index in [1.54, 1.807) is 12.1 Å². The van der Waals surface area contributed by atoms with Gasteiger partial charge in [-0.1, -0.05) is 17.7 Å². The molecular formula is C13H16BrClFNO. The lowest BCUT2D eigenvalue weighted by Crippen LogP contribution is -2.32. The summed E-state index contributed by atoms with van der Waals surface area (Å²) in [6, 6.07) is 3.51. The van der Waals surface area contributed by atoms with Gasteiger partial charge in [0, 0.05) is 28.6 Å². The second-order valence-electron chi connectivity index (χ2n) is 4.51. The molecule has 1 aliphatic rings. The smallest absolute Gasteiger partial charge is 0.147 e. The number of rotatable bonds is 3. The zero-order valence-electron chi connectivity index (χ0n) is 10.2. The van der Waals surface area contributed by atoms with Crippen LogP contribution in [-0.4, -0.2) is 20.3 Å². The van der Waals surface area contributed by atoms with Crippen molar-refractivity contribution in [3.05, 3.63) is 33.0 Å². The summed E-state index contributed by atoms with van der Waals surface area (Å²) in [5.74, 6) is -0.0635. The molecule has 0 amide bonds. The van der Waals surface area contributed by atoms with Crippen molar-refractivity contribution in [2.75, 3.05) is 20.3 Å². The summed E-state index contributed by atoms with van der Waals surface area (Å²) >= 11 is 9.17. The molecule has 2 rings (SSSR count). The van der Waals surface area contributed by atoms with Crippen molar-refractivity contribution in [2.45, 2.75) is 18.9 Å². The van der Waals surface area contributed by atoms with E-state index in [9.17, 15) is 4.39 Å². The fraction of sp³-hybridized carbons (Fsp3) is 0.538. The first-order valence-electron chi connectivity index (χ1n) is 6.03. The summed E-state index contributed by atoms with van der Waals surface area (Å²) in [6.45, 7) is 1.47. The summed E-state index contributed by atoms with van der Waals surface area (Å²) < 4.78 is 20.3. The van der Waals surface area contributed by atoms with E-state index < -0.39 is 0 Å². The Labute approximate surface area is 120 Å². The van der Waals surface area contributed by atoms with Crippen molar-refractivity contribution >= 4 is 27.5 Å². The van der Waals surface area contributed by atoms with Gasteiger partial charge in [-0.3, -0.25) is 0 Å². The number of halogens is 3. The molecule has 0 saturated carbocycles. The van der Waals surface area contributed by atoms with Crippen LogP contribution >= 0.6 is 27.5 Å². The van der Waals surface area contributed by atoms with Gasteiger partial charge in [-0.25, -0.2) is 4.39 Å². The van der Waals surface area contributed by atoms with Gasteiger partial charge in [0.25, 0.3) is 0 Å². The first kappa shape index (κ1) is 14.3. The Hall–Kier alpha value is -0.160. The molecule has 0 radical (unpaired) electrons. The Morgan fingerprint density at radius 3 is 2.94 bits per heavy atom. The van der Waals surface area contributed by atoms with Crippen LogP contribution in [0.2, 0.25) is 5.02 Å². The summed E-state index contributed by atoms with van der Waals surface area (Å²) in [4.78, 5) is 0. The highest BCUT2D eigenvalue weighted by Crippen LogP contribution is 2.35. The fourth-order valence-corrected chi connectivity index (χ4v) is 2.93. The van der Waals surface area contributed by atoms with Crippen LogP contribution in [0, 0.1) is 11.7 Å². The van der Waals surface area contributed by atoms with Gasteiger partial charge >= 0.3 is 0 Å². The molecule has 1 aliphatic heterocycles. The lowest BCUT2D eigenvalue weighted by Gasteiger charge is -2.30. The van der Waals surface area contributed by atoms with E-state index in [1.807, 2.05) is 7.05 Å². The van der Waals surface area contributed by atoms with Crippen molar-refractivity contribution in [1.29, 1.82) is 0 Å². The van der Waals surface area contributed by atoms with Crippen molar-refractivity contribution in [3.63, 3.8) is 0 Å². The first-order chi connectivity index (χ1) is 8.65. The number of ether oxygens (including phenoxy) is 1. The van der Waals surface area contributed by atoms with Crippen molar-refractivity contribution in [1.82, 2.24) is 5.32 Å². The lowest BCUT2D eigenvalue weighted by atomic mass is 9.88. The number of hydrogen-bond acceptors (Lipinski definition) is 2. The van der Waals surface area contributed by atoms with Crippen LogP contribution in [0.25, 0.3) is 0 Å². The van der Waals surface area contributed by atoms with Crippen LogP contribution in [0.3, 0.4) is 0 Å². The molecule has 1 N–H and O–H groups in total. The maximum absolute atomic E-state index is 14.2. The Kier molecular flexibility index (Phi) is 5.01. The molecule has 1 aromatic rings. The van der Waals surface area contributed by atoms with Gasteiger partial charge in [0.1, 0.15) is 5.82 Å². The first-order valence-corrected chi connectivity index (χ1v) is 7.20. The van der Waals surface area contributed by atoms with Crippen molar-refractivity contribution < 1.29 is 9.13 Å². The Morgan fingerprint density at radius 2 is 2.33 bits per heavy atom. The largest absolute Gasteiger partial charge is 0.381 e. The molecule has 0 bridgehead atoms. The second-order valence-corrected chi connectivity index (χ2v) is 5.74. The van der Waals surface area contributed by atoms with E-state index in [4.69, 9.17) is 16.3 Å². The van der Waals surface area contributed by atoms with Gasteiger partial charge in [0.15, 0.2) is 0 Å². The zero-order valence-corrected chi connectivity index (χ0v) is 12.5. The van der Waals surface area contributed by atoms with Gasteiger partial charge in [-0.15, -0.1) is 0 Å². The molecule has 100 valence electrons. The molecular weight excluding hydrogens is 321 g/mol. The predicted molar refractivity (Wildman–Crippen MR) is 74.5 cm³/mol. The predicted octanol–water partition coefficient (Wildman–Crippen LogP) is 3.93. The fourth-order valence-electron chi connectivity index (χ4n) is 2.45. The third-order valence-electron chi connectivity index (χ3n) is 3.38. The third kappa shape index (κ3) is 2.87. The second kappa shape index (κ2) is 6.33. The molecule has 1 fully saturated rings. The maximum atomic E-state index is 14.2. The summed E-state index contributed by atoms with van der Waals surface area (Å²) in [5.41, 5.74) is 0.612. The van der Waals surface area contributed by atoms with Crippen LogP contribution < -0.4 is 5.32 Å². The average molecular weight is 337 g/mol. The van der Waals surface area contributed by atoms with Crippen LogP contribution in [0.15, 0.2) is 16.6 Å². The van der Waals surface area contributed by atoms with Gasteiger partial charge in [0.2, 0.25) is 0 Å². The zero-order chi connectivity index (χ0) is 13.1. The van der Waals surface area contributed by atoms with Crippen LogP contribution in [0.1, 0.15) is 24.4 Å². The van der Waals surface area contributed by atoms with Gasteiger partial charge in [-0.2, -0.15) is 0 Å². The number of hydrogen-bond donors (Lipinski definition) is 1. The monoisotopic (exact) mass is 335 g/mol. The van der Waals surface area contributed by atoms with E-state index in [0.717, 1.165) is 19.4 Å². The van der Waals surface area contributed by atoms with E-state index in [-0.39, 0.29) is 22.8 Å². The minimum atomic E-state index is -0.351. The van der Waals surface area contributed by atoms with Crippen molar-refractivity contribution in [3.8, 4) is 0 Å². The minimum Gasteiger partial charge on any atom is -0.381 e. The summed E-state index contributed by atoms with van der Waals surface area (Å²) in [7, 11) is 1.84. The Balaban J connectivity index is 2.29. The molecule has 1 saturated heterocycles. The number of nitrogens with one attached hydrogen (secondary N) is 1. The van der Waals surface area contributed by atoms with E-state index in [1.165, 1.54) is 0 Å². The van der Waals surface area contributed by atoms with Gasteiger partial charge in [-0.05, 0) is 41.9 Å². The van der Waals surface area contributed by atoms with E-state index >= 15 is 0 Å². The lowest BCUT2D eigenvalue weighted by molar-refractivity contribution is 0.0397. The Bertz CT molecular complexity index is 424. The third-order valence-corrected chi connectivity index (χ3v) is 4.64. The molecule has 0 aromatic heterocycles. The van der Waals surface area contributed by atoms with Gasteiger partial charge < -0.3 is 10.1 Å². The minimum absolute atomic E-state index is 0.0594. The standard InChI is InChI=1S/C13H16BrClFNO/c1-17-13(8-3-2-6-18-7-8)9-4-5-10(14)11(15)12(9)16/h4-5,8,13,17H,2-3,6-7H2,1H3. The number of benzene rings is 1. The molecule has 1 aromatic carbocycles. The summed E-state index contributed by atoms with van der Waals surface area (Å²) in [5, 5.41) is 3.32. The van der Waals surface area contributed by atoms with Gasteiger partial charge in [0.05, 0.1) is 11.6 Å². The average Bonchev–Trinajstić information content (AvgIpc) is 2.41. The molecule has 0 aliphatic carbocycles. The molecule has 18 heavy (non-hydrogen) atoms. The normalized spacial score (nSPS) is 21.9. The summed E-state index contributed by atoms with van der Waals surface area (Å²) in [6.07, 6.45) is 2.06. The SMILES string of the molecule is CNC(c1ccc(Br)c(Cl)c1F)C1CCCOC1. The highest BCUT2D eigenvalue weighted by atomic mass is 79.9. The Morgan fingerprint density at radius 1 is 1.56 bits per heavy atom. The highest BCUT2D eigenvalue weighted by Gasteiger charge is 2.27. The maximum Gasteiger partial charge on any atom is 0.147 e. The highest BCUT2D eigenvalue weighted by molar-refractivity contribution is 9.10. The molecule has 5 heteroatoms. The van der Waals surface area contributed by atoms with E-state index in [2.05, 4.69) is 21.2 Å². The molecule has 2 unspecified atom stereocenters.